The summed E-state index contributed by atoms with van der Waals surface area (Å²) < 4.78 is 35.7. The molecule has 15 heteroatoms. The molecule has 3 amide bonds. The number of nitrogens with one attached hydrogen (secondary N) is 3. The second kappa shape index (κ2) is 43.3. The summed E-state index contributed by atoms with van der Waals surface area (Å²) in [5.74, 6) is 0.366. The van der Waals surface area contributed by atoms with Crippen LogP contribution in [-0.4, -0.2) is 91.9 Å². The third-order valence-electron chi connectivity index (χ3n) is 13.7. The number of fused-ring (bicyclic) bond motifs is 1. The quantitative estimate of drug-likeness (QED) is 0.0229. The molecule has 3 unspecified atom stereocenters. The number of carbonyl (C=O) groups is 5. The molecule has 2 rings (SSSR count). The van der Waals surface area contributed by atoms with Gasteiger partial charge in [-0.25, -0.2) is 4.79 Å². The number of unbranched alkanes of at least 4 members (excludes halogenated alkanes) is 27. The molecule has 5 atom stereocenters. The lowest BCUT2D eigenvalue weighted by molar-refractivity contribution is -0.161. The number of ether oxygens (including phenoxy) is 2. The Morgan fingerprint density at radius 1 is 0.586 bits per heavy atom. The molecule has 2 aliphatic rings. The molecular weight excluding hydrogens is 926 g/mol. The van der Waals surface area contributed by atoms with E-state index in [4.69, 9.17) is 18.5 Å². The van der Waals surface area contributed by atoms with E-state index in [1.54, 1.807) is 0 Å². The van der Waals surface area contributed by atoms with Crippen LogP contribution >= 0.6 is 19.4 Å². The van der Waals surface area contributed by atoms with Crippen LogP contribution in [0.2, 0.25) is 0 Å². The van der Waals surface area contributed by atoms with Crippen LogP contribution in [0.1, 0.15) is 258 Å². The van der Waals surface area contributed by atoms with Crippen molar-refractivity contribution in [2.45, 2.75) is 281 Å². The van der Waals surface area contributed by atoms with Crippen LogP contribution < -0.4 is 16.0 Å². The van der Waals surface area contributed by atoms with Crippen LogP contribution in [0.3, 0.4) is 0 Å². The summed E-state index contributed by atoms with van der Waals surface area (Å²) in [6.45, 7) is 6.13. The van der Waals surface area contributed by atoms with Gasteiger partial charge in [0.1, 0.15) is 12.4 Å². The van der Waals surface area contributed by atoms with Gasteiger partial charge in [0.15, 0.2) is 6.10 Å². The van der Waals surface area contributed by atoms with Gasteiger partial charge in [-0.3, -0.25) is 23.7 Å². The SMILES string of the molecule is CCCCCCCCCCCCCCCC(=O)OCC(COP(C)(=O)OCCCC(=O)CCCCCNC(=O)CCCCC1SC[C@@H]2NC(=O)N[C@H]12)OC(=O)CCCCCCCCCCCCCCC. The Morgan fingerprint density at radius 2 is 1.07 bits per heavy atom. The van der Waals surface area contributed by atoms with Gasteiger partial charge in [0.25, 0.3) is 0 Å². The molecule has 2 fully saturated rings. The Bertz CT molecular complexity index is 1420. The first-order chi connectivity index (χ1) is 34.0. The number of urea groups is 1. The van der Waals surface area contributed by atoms with E-state index in [-0.39, 0.29) is 62.0 Å². The Kier molecular flexibility index (Phi) is 39.5. The minimum absolute atomic E-state index is 0.0525. The highest BCUT2D eigenvalue weighted by Crippen LogP contribution is 2.44. The molecule has 0 radical (unpaired) electrons. The monoisotopic (exact) mass is 1030 g/mol. The number of ketones is 1. The van der Waals surface area contributed by atoms with Gasteiger partial charge in [0.2, 0.25) is 5.91 Å². The lowest BCUT2D eigenvalue weighted by Crippen LogP contribution is -2.36. The number of Topliss-reactive ketones (excluding diaryl/α,β-unsaturated/α-hetero) is 1. The van der Waals surface area contributed by atoms with Crippen LogP contribution in [0, 0.1) is 0 Å². The van der Waals surface area contributed by atoms with Crippen molar-refractivity contribution in [2.75, 3.05) is 38.8 Å². The van der Waals surface area contributed by atoms with Gasteiger partial charge < -0.3 is 34.5 Å². The number of amides is 3. The summed E-state index contributed by atoms with van der Waals surface area (Å²) in [7, 11) is -3.55. The van der Waals surface area contributed by atoms with Crippen molar-refractivity contribution < 1.29 is 47.1 Å². The second-order valence-corrected chi connectivity index (χ2v) is 23.7. The Morgan fingerprint density at radius 3 is 1.64 bits per heavy atom. The van der Waals surface area contributed by atoms with E-state index in [1.165, 1.54) is 135 Å². The van der Waals surface area contributed by atoms with Crippen LogP contribution in [0.25, 0.3) is 0 Å². The van der Waals surface area contributed by atoms with E-state index in [0.717, 1.165) is 82.8 Å². The highest BCUT2D eigenvalue weighted by atomic mass is 32.2. The van der Waals surface area contributed by atoms with E-state index in [2.05, 4.69) is 29.8 Å². The summed E-state index contributed by atoms with van der Waals surface area (Å²) in [4.78, 5) is 62.0. The second-order valence-electron chi connectivity index (χ2n) is 20.4. The van der Waals surface area contributed by atoms with Crippen LogP contribution in [0.5, 0.6) is 0 Å². The summed E-state index contributed by atoms with van der Waals surface area (Å²) in [6.07, 6.45) is 38.1. The normalized spacial score (nSPS) is 17.6. The first-order valence-corrected chi connectivity index (χ1v) is 31.8. The van der Waals surface area contributed by atoms with Crippen LogP contribution in [0.15, 0.2) is 0 Å². The molecule has 0 aromatic rings. The number of esters is 2. The van der Waals surface area contributed by atoms with Crippen molar-refractivity contribution in [3.63, 3.8) is 0 Å². The first kappa shape index (κ1) is 64.0. The Hall–Kier alpha value is -2.15. The van der Waals surface area contributed by atoms with Crippen LogP contribution in [0.4, 0.5) is 4.79 Å². The van der Waals surface area contributed by atoms with Gasteiger partial charge in [-0.05, 0) is 44.9 Å². The Labute approximate surface area is 430 Å². The predicted molar refractivity (Wildman–Crippen MR) is 287 cm³/mol. The average Bonchev–Trinajstić information content (AvgIpc) is 3.90. The van der Waals surface area contributed by atoms with Gasteiger partial charge >= 0.3 is 25.6 Å². The zero-order valence-corrected chi connectivity index (χ0v) is 46.4. The minimum Gasteiger partial charge on any atom is -0.462 e. The number of rotatable bonds is 50. The maximum Gasteiger partial charge on any atom is 0.327 e. The van der Waals surface area contributed by atoms with E-state index >= 15 is 0 Å². The molecule has 3 N–H and O–H groups in total. The van der Waals surface area contributed by atoms with Crippen molar-refractivity contribution in [1.82, 2.24) is 16.0 Å². The maximum absolute atomic E-state index is 13.2. The number of carbonyl (C=O) groups excluding carboxylic acids is 5. The molecule has 2 heterocycles. The number of thioether (sulfide) groups is 1. The fourth-order valence-electron chi connectivity index (χ4n) is 9.29. The molecule has 0 aliphatic carbocycles. The highest BCUT2D eigenvalue weighted by Gasteiger charge is 2.42. The largest absolute Gasteiger partial charge is 0.462 e. The van der Waals surface area contributed by atoms with Crippen molar-refractivity contribution >= 4 is 49.0 Å². The van der Waals surface area contributed by atoms with Crippen molar-refractivity contribution in [3.8, 4) is 0 Å². The molecule has 0 aromatic carbocycles. The minimum atomic E-state index is -3.55. The van der Waals surface area contributed by atoms with E-state index in [0.29, 0.717) is 43.9 Å². The van der Waals surface area contributed by atoms with Crippen molar-refractivity contribution in [3.05, 3.63) is 0 Å². The fraction of sp³-hybridized carbons (Fsp3) is 0.909. The highest BCUT2D eigenvalue weighted by molar-refractivity contribution is 8.00. The molecule has 0 saturated carbocycles. The fourth-order valence-corrected chi connectivity index (χ4v) is 11.8. The average molecular weight is 1030 g/mol. The van der Waals surface area contributed by atoms with Crippen molar-refractivity contribution in [1.29, 1.82) is 0 Å². The Balaban J connectivity index is 1.59. The van der Waals surface area contributed by atoms with Crippen molar-refractivity contribution in [2.24, 2.45) is 0 Å². The van der Waals surface area contributed by atoms with E-state index in [1.807, 2.05) is 11.8 Å². The zero-order chi connectivity index (χ0) is 50.8. The smallest absolute Gasteiger partial charge is 0.327 e. The van der Waals surface area contributed by atoms with Gasteiger partial charge in [0.05, 0.1) is 25.3 Å². The number of hydrogen-bond acceptors (Lipinski definition) is 11. The molecule has 2 saturated heterocycles. The molecule has 0 aromatic heterocycles. The van der Waals surface area contributed by atoms with Gasteiger partial charge in [-0.15, -0.1) is 0 Å². The molecule has 70 heavy (non-hydrogen) atoms. The maximum atomic E-state index is 13.2. The zero-order valence-electron chi connectivity index (χ0n) is 44.7. The van der Waals surface area contributed by atoms with E-state index < -0.39 is 19.7 Å². The summed E-state index contributed by atoms with van der Waals surface area (Å²) in [5.41, 5.74) is 0. The van der Waals surface area contributed by atoms with Gasteiger partial charge in [-0.2, -0.15) is 11.8 Å². The predicted octanol–water partition coefficient (Wildman–Crippen LogP) is 14.0. The molecular formula is C55H102N3O10PS. The summed E-state index contributed by atoms with van der Waals surface area (Å²) in [5, 5.41) is 9.37. The molecule has 2 aliphatic heterocycles. The van der Waals surface area contributed by atoms with Gasteiger partial charge in [0, 0.05) is 56.3 Å². The lowest BCUT2D eigenvalue weighted by atomic mass is 10.0. The first-order valence-electron chi connectivity index (χ1n) is 28.7. The van der Waals surface area contributed by atoms with E-state index in [9.17, 15) is 28.5 Å². The summed E-state index contributed by atoms with van der Waals surface area (Å²) >= 11 is 1.89. The molecule has 13 nitrogen and oxygen atoms in total. The van der Waals surface area contributed by atoms with Crippen LogP contribution in [-0.2, 0) is 42.3 Å². The summed E-state index contributed by atoms with van der Waals surface area (Å²) in [6, 6.07) is 0.347. The molecule has 0 bridgehead atoms. The standard InChI is InChI=1S/C55H102N3O10PS/c1-4-6-8-10-12-14-16-18-20-22-24-26-30-40-52(61)65-44-48(68-53(62)41-31-27-25-23-21-19-17-15-13-11-9-7-5-2)45-67-69(3,64)66-43-35-37-47(59)36-29-28-34-42-56-51(60)39-33-32-38-50-54-49(46-70-50)57-55(63)58-54/h48-50,54H,4-46H2,1-3H3,(H,56,60)(H2,57,58,63)/t48?,49-,50?,54-,69?/m0/s1. The molecule has 0 spiro atoms. The third-order valence-corrected chi connectivity index (χ3v) is 16.4. The van der Waals surface area contributed by atoms with Gasteiger partial charge in [-0.1, -0.05) is 181 Å². The topological polar surface area (TPSA) is 175 Å². The molecule has 408 valence electrons. The third kappa shape index (κ3) is 35.9. The lowest BCUT2D eigenvalue weighted by Gasteiger charge is -2.21. The number of hydrogen-bond donors (Lipinski definition) is 3.